The van der Waals surface area contributed by atoms with Gasteiger partial charge in [0, 0.05) is 11.1 Å². The van der Waals surface area contributed by atoms with E-state index in [1.807, 2.05) is 20.0 Å². The molecular weight excluding hydrogens is 166 g/mol. The van der Waals surface area contributed by atoms with E-state index in [0.717, 1.165) is 0 Å². The fourth-order valence-electron chi connectivity index (χ4n) is 0.347. The lowest BCUT2D eigenvalue weighted by atomic mass is 10.3. The van der Waals surface area contributed by atoms with E-state index in [4.69, 9.17) is 0 Å². The summed E-state index contributed by atoms with van der Waals surface area (Å²) in [7, 11) is 0. The first-order valence-electron chi connectivity index (χ1n) is 4.60. The first-order valence-corrected chi connectivity index (χ1v) is 5.37. The summed E-state index contributed by atoms with van der Waals surface area (Å²) in [6, 6.07) is 0. The van der Waals surface area contributed by atoms with Crippen LogP contribution in [-0.2, 0) is 0 Å². The van der Waals surface area contributed by atoms with E-state index in [1.165, 1.54) is 16.9 Å². The van der Waals surface area contributed by atoms with Crippen molar-refractivity contribution in [1.29, 1.82) is 0 Å². The summed E-state index contributed by atoms with van der Waals surface area (Å²) < 4.78 is 3.96. The predicted molar refractivity (Wildman–Crippen MR) is 58.9 cm³/mol. The highest BCUT2D eigenvalue weighted by molar-refractivity contribution is 7.05. The maximum Gasteiger partial charge on any atom is 0.0438 e. The lowest BCUT2D eigenvalue weighted by molar-refractivity contribution is 1.09. The van der Waals surface area contributed by atoms with E-state index in [1.54, 1.807) is 11.5 Å². The number of nitrogens with zero attached hydrogens (tertiary/aromatic N) is 1. The Morgan fingerprint density at radius 1 is 1.25 bits per heavy atom. The van der Waals surface area contributed by atoms with Crippen LogP contribution in [0.25, 0.3) is 0 Å². The third-order valence-corrected chi connectivity index (χ3v) is 1.80. The SMILES string of the molecule is CC.CCC.Cc1cnsc1C. The van der Waals surface area contributed by atoms with Gasteiger partial charge >= 0.3 is 0 Å². The lowest BCUT2D eigenvalue weighted by Crippen LogP contribution is -1.61. The zero-order valence-electron chi connectivity index (χ0n) is 9.14. The molecule has 0 atom stereocenters. The molecule has 0 N–H and O–H groups in total. The number of aryl methyl sites for hydroxylation is 2. The summed E-state index contributed by atoms with van der Waals surface area (Å²) in [5.41, 5.74) is 1.30. The normalized spacial score (nSPS) is 7.50. The number of rotatable bonds is 0. The minimum absolute atomic E-state index is 1.25. The fourth-order valence-corrected chi connectivity index (χ4v) is 0.913. The van der Waals surface area contributed by atoms with Gasteiger partial charge in [0.25, 0.3) is 0 Å². The minimum Gasteiger partial charge on any atom is -0.201 e. The Hall–Kier alpha value is -0.370. The monoisotopic (exact) mass is 187 g/mol. The highest BCUT2D eigenvalue weighted by atomic mass is 32.1. The third-order valence-electron chi connectivity index (χ3n) is 0.991. The first kappa shape index (κ1) is 14.2. The number of hydrogen-bond donors (Lipinski definition) is 0. The van der Waals surface area contributed by atoms with Crippen LogP contribution in [0, 0.1) is 13.8 Å². The molecule has 0 saturated heterocycles. The van der Waals surface area contributed by atoms with Crippen LogP contribution < -0.4 is 0 Å². The Morgan fingerprint density at radius 3 is 1.75 bits per heavy atom. The van der Waals surface area contributed by atoms with Gasteiger partial charge in [-0.1, -0.05) is 34.1 Å². The summed E-state index contributed by atoms with van der Waals surface area (Å²) in [6.07, 6.45) is 3.14. The average molecular weight is 187 g/mol. The van der Waals surface area contributed by atoms with Gasteiger partial charge in [0.05, 0.1) is 0 Å². The molecular formula is C10H21NS. The second-order valence-electron chi connectivity index (χ2n) is 2.27. The van der Waals surface area contributed by atoms with E-state index in [-0.39, 0.29) is 0 Å². The minimum atomic E-state index is 1.25. The van der Waals surface area contributed by atoms with Crippen molar-refractivity contribution in [2.75, 3.05) is 0 Å². The Balaban J connectivity index is 0. The molecule has 2 heteroatoms. The van der Waals surface area contributed by atoms with Crippen LogP contribution in [0.1, 0.15) is 44.6 Å². The van der Waals surface area contributed by atoms with Gasteiger partial charge in [0.1, 0.15) is 0 Å². The van der Waals surface area contributed by atoms with E-state index in [2.05, 4.69) is 32.1 Å². The van der Waals surface area contributed by atoms with E-state index in [0.29, 0.717) is 0 Å². The quantitative estimate of drug-likeness (QED) is 0.593. The molecule has 0 spiro atoms. The van der Waals surface area contributed by atoms with Crippen molar-refractivity contribution in [2.45, 2.75) is 48.0 Å². The van der Waals surface area contributed by atoms with E-state index < -0.39 is 0 Å². The van der Waals surface area contributed by atoms with Gasteiger partial charge in [-0.15, -0.1) is 0 Å². The topological polar surface area (TPSA) is 12.9 Å². The Labute approximate surface area is 81.0 Å². The molecule has 0 radical (unpaired) electrons. The third kappa shape index (κ3) is 7.73. The van der Waals surface area contributed by atoms with Crippen molar-refractivity contribution >= 4 is 11.5 Å². The predicted octanol–water partition coefficient (Wildman–Crippen LogP) is 4.20. The van der Waals surface area contributed by atoms with Crippen molar-refractivity contribution in [3.05, 3.63) is 16.6 Å². The number of aromatic nitrogens is 1. The lowest BCUT2D eigenvalue weighted by Gasteiger charge is -1.77. The summed E-state index contributed by atoms with van der Waals surface area (Å²) in [5.74, 6) is 0. The van der Waals surface area contributed by atoms with Crippen molar-refractivity contribution in [2.24, 2.45) is 0 Å². The Morgan fingerprint density at radius 2 is 1.67 bits per heavy atom. The van der Waals surface area contributed by atoms with Crippen LogP contribution in [0.5, 0.6) is 0 Å². The van der Waals surface area contributed by atoms with Gasteiger partial charge in [0.15, 0.2) is 0 Å². The second-order valence-corrected chi connectivity index (χ2v) is 3.28. The fraction of sp³-hybridized carbons (Fsp3) is 0.700. The van der Waals surface area contributed by atoms with Crippen molar-refractivity contribution in [3.8, 4) is 0 Å². The molecule has 0 amide bonds. The summed E-state index contributed by atoms with van der Waals surface area (Å²) in [5, 5.41) is 0. The molecule has 1 nitrogen and oxygen atoms in total. The largest absolute Gasteiger partial charge is 0.201 e. The summed E-state index contributed by atoms with van der Waals surface area (Å²) in [6.45, 7) is 12.4. The molecule has 0 aliphatic heterocycles. The Bertz CT molecular complexity index is 154. The highest BCUT2D eigenvalue weighted by Gasteiger charge is 1.88. The van der Waals surface area contributed by atoms with Gasteiger partial charge in [0.2, 0.25) is 0 Å². The smallest absolute Gasteiger partial charge is 0.0438 e. The van der Waals surface area contributed by atoms with Crippen LogP contribution in [0.2, 0.25) is 0 Å². The highest BCUT2D eigenvalue weighted by Crippen LogP contribution is 2.07. The van der Waals surface area contributed by atoms with Crippen LogP contribution in [0.15, 0.2) is 6.20 Å². The molecule has 0 saturated carbocycles. The van der Waals surface area contributed by atoms with Crippen LogP contribution >= 0.6 is 11.5 Å². The molecule has 1 aromatic heterocycles. The molecule has 1 aromatic rings. The average Bonchev–Trinajstić information content (AvgIpc) is 2.42. The van der Waals surface area contributed by atoms with Gasteiger partial charge in [-0.3, -0.25) is 0 Å². The second kappa shape index (κ2) is 10.6. The molecule has 0 unspecified atom stereocenters. The van der Waals surface area contributed by atoms with Crippen LogP contribution in [-0.4, -0.2) is 4.37 Å². The standard InChI is InChI=1S/C5H7NS.C3H8.C2H6/c1-4-3-6-7-5(4)2;1-3-2;1-2/h3H,1-2H3;3H2,1-2H3;1-2H3. The van der Waals surface area contributed by atoms with Crippen LogP contribution in [0.4, 0.5) is 0 Å². The van der Waals surface area contributed by atoms with Crippen LogP contribution in [0.3, 0.4) is 0 Å². The van der Waals surface area contributed by atoms with Crippen molar-refractivity contribution < 1.29 is 0 Å². The molecule has 0 fully saturated rings. The summed E-state index contributed by atoms with van der Waals surface area (Å²) in [4.78, 5) is 1.32. The van der Waals surface area contributed by atoms with Gasteiger partial charge in [-0.25, -0.2) is 4.37 Å². The number of hydrogen-bond acceptors (Lipinski definition) is 2. The first-order chi connectivity index (χ1) is 5.72. The molecule has 0 aromatic carbocycles. The zero-order chi connectivity index (χ0) is 9.98. The molecule has 0 bridgehead atoms. The van der Waals surface area contributed by atoms with Gasteiger partial charge < -0.3 is 0 Å². The van der Waals surface area contributed by atoms with Crippen molar-refractivity contribution in [1.82, 2.24) is 4.37 Å². The Kier molecular flexibility index (Phi) is 12.6. The molecule has 1 heterocycles. The van der Waals surface area contributed by atoms with E-state index in [9.17, 15) is 0 Å². The van der Waals surface area contributed by atoms with Gasteiger partial charge in [-0.2, -0.15) is 0 Å². The maximum atomic E-state index is 3.96. The molecule has 72 valence electrons. The molecule has 1 rings (SSSR count). The molecule has 12 heavy (non-hydrogen) atoms. The molecule has 0 aliphatic rings. The zero-order valence-corrected chi connectivity index (χ0v) is 9.96. The van der Waals surface area contributed by atoms with Crippen molar-refractivity contribution in [3.63, 3.8) is 0 Å². The summed E-state index contributed by atoms with van der Waals surface area (Å²) >= 11 is 1.55. The maximum absolute atomic E-state index is 3.96. The van der Waals surface area contributed by atoms with Gasteiger partial charge in [-0.05, 0) is 30.9 Å². The molecule has 0 aliphatic carbocycles. The van der Waals surface area contributed by atoms with E-state index >= 15 is 0 Å².